The fourth-order valence-corrected chi connectivity index (χ4v) is 8.71. The molecule has 6 aromatic carbocycles. The molecule has 0 aliphatic carbocycles. The molecule has 0 fully saturated rings. The Labute approximate surface area is 271 Å². The molecule has 0 saturated heterocycles. The summed E-state index contributed by atoms with van der Waals surface area (Å²) in [7, 11) is 0. The third-order valence-corrected chi connectivity index (χ3v) is 10.6. The van der Waals surface area contributed by atoms with Gasteiger partial charge in [0, 0.05) is 48.8 Å². The van der Waals surface area contributed by atoms with Gasteiger partial charge in [-0.1, -0.05) is 78.9 Å². The molecule has 0 N–H and O–H groups in total. The number of hydrogen-bond donors (Lipinski definition) is 0. The molecule has 0 aliphatic rings. The van der Waals surface area contributed by atoms with Crippen molar-refractivity contribution < 1.29 is 4.42 Å². The van der Waals surface area contributed by atoms with E-state index in [1.807, 2.05) is 41.8 Å². The minimum Gasteiger partial charge on any atom is -0.456 e. The van der Waals surface area contributed by atoms with Gasteiger partial charge < -0.3 is 4.42 Å². The number of rotatable bonds is 2. The van der Waals surface area contributed by atoms with E-state index in [2.05, 4.69) is 108 Å². The molecular weight excluding hydrogens is 597 g/mol. The molecule has 11 aromatic rings. The monoisotopic (exact) mass is 618 g/mol. The number of aromatic nitrogens is 4. The Bertz CT molecular complexity index is 3090. The number of nitrogens with zero attached hydrogens (tertiary/aromatic N) is 4. The average molecular weight is 619 g/mol. The molecule has 0 spiro atoms. The van der Waals surface area contributed by atoms with E-state index in [9.17, 15) is 0 Å². The van der Waals surface area contributed by atoms with Crippen molar-refractivity contribution in [2.24, 2.45) is 0 Å². The summed E-state index contributed by atoms with van der Waals surface area (Å²) >= 11 is 1.82. The van der Waals surface area contributed by atoms with Crippen LogP contribution in [0, 0.1) is 0 Å². The van der Waals surface area contributed by atoms with Crippen molar-refractivity contribution in [2.75, 3.05) is 0 Å². The van der Waals surface area contributed by atoms with Crippen LogP contribution in [-0.2, 0) is 0 Å². The van der Waals surface area contributed by atoms with Gasteiger partial charge in [-0.3, -0.25) is 9.55 Å². The molecule has 0 amide bonds. The molecule has 0 saturated carbocycles. The zero-order valence-electron chi connectivity index (χ0n) is 24.8. The van der Waals surface area contributed by atoms with Gasteiger partial charge in [0.1, 0.15) is 11.2 Å². The van der Waals surface area contributed by atoms with Gasteiger partial charge in [-0.25, -0.2) is 9.97 Å². The minimum atomic E-state index is 0.623. The second kappa shape index (κ2) is 9.22. The number of pyridine rings is 1. The van der Waals surface area contributed by atoms with Gasteiger partial charge in [-0.2, -0.15) is 0 Å². The van der Waals surface area contributed by atoms with E-state index in [1.165, 1.54) is 30.9 Å². The number of fused-ring (bicyclic) bond motifs is 14. The molecule has 0 unspecified atom stereocenters. The normalized spacial score (nSPS) is 12.3. The zero-order valence-corrected chi connectivity index (χ0v) is 25.6. The van der Waals surface area contributed by atoms with E-state index >= 15 is 0 Å². The quantitative estimate of drug-likeness (QED) is 0.193. The van der Waals surface area contributed by atoms with Gasteiger partial charge in [-0.05, 0) is 59.3 Å². The van der Waals surface area contributed by atoms with Gasteiger partial charge >= 0.3 is 0 Å². The van der Waals surface area contributed by atoms with Gasteiger partial charge in [0.05, 0.1) is 32.5 Å². The highest BCUT2D eigenvalue weighted by atomic mass is 32.1. The van der Waals surface area contributed by atoms with Crippen molar-refractivity contribution in [1.29, 1.82) is 0 Å². The lowest BCUT2D eigenvalue weighted by Gasteiger charge is -2.12. The van der Waals surface area contributed by atoms with Gasteiger partial charge in [0.2, 0.25) is 5.95 Å². The molecule has 218 valence electrons. The summed E-state index contributed by atoms with van der Waals surface area (Å²) in [6.07, 6.45) is 1.88. The number of benzene rings is 6. The Morgan fingerprint density at radius 3 is 2.19 bits per heavy atom. The Morgan fingerprint density at radius 1 is 0.574 bits per heavy atom. The zero-order chi connectivity index (χ0) is 30.6. The summed E-state index contributed by atoms with van der Waals surface area (Å²) in [5, 5.41) is 9.22. The number of para-hydroxylation sites is 2. The van der Waals surface area contributed by atoms with Gasteiger partial charge in [0.15, 0.2) is 0 Å². The smallest absolute Gasteiger partial charge is 0.235 e. The Kier molecular flexibility index (Phi) is 4.93. The van der Waals surface area contributed by atoms with Crippen LogP contribution in [0.1, 0.15) is 0 Å². The van der Waals surface area contributed by atoms with Crippen molar-refractivity contribution >= 4 is 97.1 Å². The molecule has 0 bridgehead atoms. The van der Waals surface area contributed by atoms with Crippen LogP contribution >= 0.6 is 11.3 Å². The standard InChI is InChI=1S/C41H22N4OS/c1-2-12-26-25(11-1)35-28-14-5-8-18-34(28)47-40(35)39-36(26)38-31(16-9-21-42-38)45(39)41-43-30-15-6-3-13-27(30)37(44-41)23-19-20-33-29(22-23)24-10-4-7-17-32(24)46-33/h1-22H. The second-order valence-corrected chi connectivity index (χ2v) is 13.0. The summed E-state index contributed by atoms with van der Waals surface area (Å²) < 4.78 is 10.9. The maximum Gasteiger partial charge on any atom is 0.235 e. The summed E-state index contributed by atoms with van der Waals surface area (Å²) in [6.45, 7) is 0. The molecule has 5 aromatic heterocycles. The third kappa shape index (κ3) is 3.39. The second-order valence-electron chi connectivity index (χ2n) is 12.0. The molecule has 0 radical (unpaired) electrons. The molecule has 0 atom stereocenters. The highest BCUT2D eigenvalue weighted by Crippen LogP contribution is 2.47. The van der Waals surface area contributed by atoms with Crippen LogP contribution in [0.2, 0.25) is 0 Å². The average Bonchev–Trinajstić information content (AvgIpc) is 3.81. The van der Waals surface area contributed by atoms with Crippen LogP contribution in [0.15, 0.2) is 138 Å². The molecular formula is C41H22N4OS. The van der Waals surface area contributed by atoms with E-state index in [1.54, 1.807) is 0 Å². The van der Waals surface area contributed by atoms with E-state index in [0.717, 1.165) is 66.0 Å². The maximum atomic E-state index is 6.17. The lowest BCUT2D eigenvalue weighted by Crippen LogP contribution is -2.03. The van der Waals surface area contributed by atoms with Crippen LogP contribution in [-0.4, -0.2) is 19.5 Å². The highest BCUT2D eigenvalue weighted by Gasteiger charge is 2.24. The third-order valence-electron chi connectivity index (χ3n) is 9.44. The number of furan rings is 1. The van der Waals surface area contributed by atoms with Crippen molar-refractivity contribution in [2.45, 2.75) is 0 Å². The predicted octanol–water partition coefficient (Wildman–Crippen LogP) is 11.2. The molecule has 47 heavy (non-hydrogen) atoms. The molecule has 5 nitrogen and oxygen atoms in total. The SMILES string of the molecule is c1ccc2c(-c3ccc4oc5ccccc5c4c3)nc(-n3c4cccnc4c4c5ccccc5c5c6ccccc6sc5c43)nc2c1. The van der Waals surface area contributed by atoms with Crippen LogP contribution in [0.4, 0.5) is 0 Å². The lowest BCUT2D eigenvalue weighted by atomic mass is 10.00. The van der Waals surface area contributed by atoms with Crippen molar-refractivity contribution in [3.05, 3.63) is 134 Å². The Balaban J connectivity index is 1.31. The first-order valence-corrected chi connectivity index (χ1v) is 16.4. The summed E-state index contributed by atoms with van der Waals surface area (Å²) in [6, 6.07) is 44.4. The van der Waals surface area contributed by atoms with E-state index in [0.29, 0.717) is 5.95 Å². The minimum absolute atomic E-state index is 0.623. The van der Waals surface area contributed by atoms with E-state index in [4.69, 9.17) is 19.4 Å². The summed E-state index contributed by atoms with van der Waals surface area (Å²) in [5.74, 6) is 0.623. The van der Waals surface area contributed by atoms with Crippen molar-refractivity contribution in [1.82, 2.24) is 19.5 Å². The number of hydrogen-bond acceptors (Lipinski definition) is 5. The lowest BCUT2D eigenvalue weighted by molar-refractivity contribution is 0.669. The molecule has 11 rings (SSSR count). The predicted molar refractivity (Wildman–Crippen MR) is 195 cm³/mol. The van der Waals surface area contributed by atoms with Gasteiger partial charge in [0.25, 0.3) is 0 Å². The Morgan fingerprint density at radius 2 is 1.30 bits per heavy atom. The van der Waals surface area contributed by atoms with E-state index < -0.39 is 0 Å². The van der Waals surface area contributed by atoms with E-state index in [-0.39, 0.29) is 0 Å². The first-order valence-electron chi connectivity index (χ1n) is 15.6. The summed E-state index contributed by atoms with van der Waals surface area (Å²) in [4.78, 5) is 15.7. The topological polar surface area (TPSA) is 56.7 Å². The van der Waals surface area contributed by atoms with Crippen LogP contribution < -0.4 is 0 Å². The fourth-order valence-electron chi connectivity index (χ4n) is 7.45. The van der Waals surface area contributed by atoms with Gasteiger partial charge in [-0.15, -0.1) is 11.3 Å². The molecule has 0 aliphatic heterocycles. The molecule has 5 heterocycles. The Hall–Kier alpha value is -6.11. The maximum absolute atomic E-state index is 6.17. The first kappa shape index (κ1) is 25.1. The fraction of sp³-hybridized carbons (Fsp3) is 0. The van der Waals surface area contributed by atoms with Crippen molar-refractivity contribution in [3.8, 4) is 17.2 Å². The van der Waals surface area contributed by atoms with Crippen LogP contribution in [0.3, 0.4) is 0 Å². The van der Waals surface area contributed by atoms with Crippen LogP contribution in [0.25, 0.3) is 103 Å². The number of thiophene rings is 1. The highest BCUT2D eigenvalue weighted by molar-refractivity contribution is 7.27. The van der Waals surface area contributed by atoms with Crippen molar-refractivity contribution in [3.63, 3.8) is 0 Å². The first-order chi connectivity index (χ1) is 23.3. The summed E-state index contributed by atoms with van der Waals surface area (Å²) in [5.41, 5.74) is 7.54. The molecule has 6 heteroatoms. The van der Waals surface area contributed by atoms with Crippen LogP contribution in [0.5, 0.6) is 0 Å². The largest absolute Gasteiger partial charge is 0.456 e.